The Morgan fingerprint density at radius 2 is 2.06 bits per heavy atom. The van der Waals surface area contributed by atoms with E-state index in [2.05, 4.69) is 18.9 Å². The molecule has 102 valence electrons. The van der Waals surface area contributed by atoms with Gasteiger partial charge in [0.05, 0.1) is 23.0 Å². The zero-order valence-corrected chi connectivity index (χ0v) is 12.0. The highest BCUT2D eigenvalue weighted by Gasteiger charge is 2.24. The van der Waals surface area contributed by atoms with Crippen LogP contribution in [0.5, 0.6) is 0 Å². The molecule has 1 unspecified atom stereocenters. The summed E-state index contributed by atoms with van der Waals surface area (Å²) in [7, 11) is 0. The smallest absolute Gasteiger partial charge is 0.0974 e. The second kappa shape index (κ2) is 6.07. The molecule has 4 heteroatoms. The lowest BCUT2D eigenvalue weighted by atomic mass is 9.85. The fraction of sp³-hybridized carbons (Fsp3) is 0.786. The van der Waals surface area contributed by atoms with Crippen molar-refractivity contribution in [3.8, 4) is 0 Å². The van der Waals surface area contributed by atoms with Crippen LogP contribution < -0.4 is 0 Å². The SMILES string of the molecule is CC(C)n1ncc(Cl)c1C(O)CC1CCCCC1. The van der Waals surface area contributed by atoms with E-state index in [0.29, 0.717) is 10.9 Å². The third-order valence-electron chi connectivity index (χ3n) is 3.87. The summed E-state index contributed by atoms with van der Waals surface area (Å²) in [6.45, 7) is 4.11. The van der Waals surface area contributed by atoms with Gasteiger partial charge in [0.15, 0.2) is 0 Å². The molecule has 0 spiro atoms. The predicted octanol–water partition coefficient (Wildman–Crippen LogP) is 4.12. The molecular weight excluding hydrogens is 248 g/mol. The lowest BCUT2D eigenvalue weighted by molar-refractivity contribution is 0.121. The minimum Gasteiger partial charge on any atom is -0.387 e. The number of hydrogen-bond donors (Lipinski definition) is 1. The van der Waals surface area contributed by atoms with Crippen molar-refractivity contribution in [2.75, 3.05) is 0 Å². The van der Waals surface area contributed by atoms with Gasteiger partial charge >= 0.3 is 0 Å². The summed E-state index contributed by atoms with van der Waals surface area (Å²) in [5.74, 6) is 0.639. The summed E-state index contributed by atoms with van der Waals surface area (Å²) in [5.41, 5.74) is 0.789. The molecular formula is C14H23ClN2O. The first-order chi connectivity index (χ1) is 8.59. The van der Waals surface area contributed by atoms with Crippen molar-refractivity contribution in [1.29, 1.82) is 0 Å². The van der Waals surface area contributed by atoms with Crippen LogP contribution in [-0.4, -0.2) is 14.9 Å². The topological polar surface area (TPSA) is 38.0 Å². The normalized spacial score (nSPS) is 19.4. The number of aromatic nitrogens is 2. The number of aliphatic hydroxyl groups excluding tert-OH is 1. The van der Waals surface area contributed by atoms with Gasteiger partial charge in [0.25, 0.3) is 0 Å². The van der Waals surface area contributed by atoms with Gasteiger partial charge in [-0.3, -0.25) is 4.68 Å². The Bertz CT molecular complexity index is 383. The van der Waals surface area contributed by atoms with Crippen LogP contribution in [0.2, 0.25) is 5.02 Å². The van der Waals surface area contributed by atoms with Crippen LogP contribution in [-0.2, 0) is 0 Å². The summed E-state index contributed by atoms with van der Waals surface area (Å²) in [6.07, 6.45) is 8.40. The minimum atomic E-state index is -0.481. The standard InChI is InChI=1S/C14H23ClN2O/c1-10(2)17-14(12(15)9-16-17)13(18)8-11-6-4-3-5-7-11/h9-11,13,18H,3-8H2,1-2H3. The Kier molecular flexibility index (Phi) is 4.68. The van der Waals surface area contributed by atoms with Crippen molar-refractivity contribution in [3.05, 3.63) is 16.9 Å². The number of nitrogens with zero attached hydrogens (tertiary/aromatic N) is 2. The second-order valence-electron chi connectivity index (χ2n) is 5.67. The molecule has 1 fully saturated rings. The molecule has 0 aliphatic heterocycles. The van der Waals surface area contributed by atoms with Crippen molar-refractivity contribution in [1.82, 2.24) is 9.78 Å². The van der Waals surface area contributed by atoms with Crippen molar-refractivity contribution >= 4 is 11.6 Å². The number of hydrogen-bond acceptors (Lipinski definition) is 2. The fourth-order valence-corrected chi connectivity index (χ4v) is 3.18. The quantitative estimate of drug-likeness (QED) is 0.894. The first-order valence-electron chi connectivity index (χ1n) is 7.00. The van der Waals surface area contributed by atoms with Gasteiger partial charge in [-0.05, 0) is 26.2 Å². The van der Waals surface area contributed by atoms with E-state index in [4.69, 9.17) is 11.6 Å². The van der Waals surface area contributed by atoms with Gasteiger partial charge in [-0.2, -0.15) is 5.10 Å². The molecule has 2 rings (SSSR count). The van der Waals surface area contributed by atoms with E-state index in [1.165, 1.54) is 32.1 Å². The van der Waals surface area contributed by atoms with Crippen LogP contribution in [0.1, 0.15) is 70.2 Å². The van der Waals surface area contributed by atoms with Crippen LogP contribution in [0.15, 0.2) is 6.20 Å². The van der Waals surface area contributed by atoms with Crippen LogP contribution in [0, 0.1) is 5.92 Å². The van der Waals surface area contributed by atoms with Crippen LogP contribution in [0.4, 0.5) is 0 Å². The fourth-order valence-electron chi connectivity index (χ4n) is 2.92. The zero-order chi connectivity index (χ0) is 13.1. The maximum atomic E-state index is 10.4. The van der Waals surface area contributed by atoms with Crippen LogP contribution in [0.25, 0.3) is 0 Å². The van der Waals surface area contributed by atoms with Gasteiger partial charge in [-0.15, -0.1) is 0 Å². The molecule has 0 bridgehead atoms. The van der Waals surface area contributed by atoms with E-state index in [9.17, 15) is 5.11 Å². The van der Waals surface area contributed by atoms with Crippen LogP contribution in [0.3, 0.4) is 0 Å². The summed E-state index contributed by atoms with van der Waals surface area (Å²) in [5, 5.41) is 15.3. The average Bonchev–Trinajstić information content (AvgIpc) is 2.72. The molecule has 18 heavy (non-hydrogen) atoms. The Morgan fingerprint density at radius 1 is 1.39 bits per heavy atom. The van der Waals surface area contributed by atoms with E-state index in [1.807, 2.05) is 4.68 Å². The molecule has 1 aliphatic carbocycles. The molecule has 1 aromatic heterocycles. The maximum absolute atomic E-state index is 10.4. The molecule has 1 N–H and O–H groups in total. The van der Waals surface area contributed by atoms with Gasteiger partial charge in [0.1, 0.15) is 0 Å². The average molecular weight is 271 g/mol. The van der Waals surface area contributed by atoms with Crippen molar-refractivity contribution in [2.24, 2.45) is 5.92 Å². The molecule has 1 aliphatic rings. The third-order valence-corrected chi connectivity index (χ3v) is 4.16. The van der Waals surface area contributed by atoms with Crippen molar-refractivity contribution < 1.29 is 5.11 Å². The molecule has 0 radical (unpaired) electrons. The lowest BCUT2D eigenvalue weighted by Crippen LogP contribution is -2.16. The van der Waals surface area contributed by atoms with E-state index in [0.717, 1.165) is 12.1 Å². The Balaban J connectivity index is 2.07. The van der Waals surface area contributed by atoms with E-state index in [-0.39, 0.29) is 6.04 Å². The molecule has 0 aromatic carbocycles. The minimum absolute atomic E-state index is 0.230. The third kappa shape index (κ3) is 3.07. The van der Waals surface area contributed by atoms with Crippen LogP contribution >= 0.6 is 11.6 Å². The lowest BCUT2D eigenvalue weighted by Gasteiger charge is -2.25. The second-order valence-corrected chi connectivity index (χ2v) is 6.08. The first kappa shape index (κ1) is 13.9. The summed E-state index contributed by atoms with van der Waals surface area (Å²) < 4.78 is 1.84. The number of halogens is 1. The van der Waals surface area contributed by atoms with E-state index >= 15 is 0 Å². The van der Waals surface area contributed by atoms with E-state index in [1.54, 1.807) is 6.20 Å². The molecule has 1 saturated carbocycles. The Hall–Kier alpha value is -0.540. The Labute approximate surface area is 114 Å². The molecule has 0 saturated heterocycles. The highest BCUT2D eigenvalue weighted by Crippen LogP contribution is 2.34. The number of aliphatic hydroxyl groups is 1. The summed E-state index contributed by atoms with van der Waals surface area (Å²) in [6, 6.07) is 0.230. The summed E-state index contributed by atoms with van der Waals surface area (Å²) >= 11 is 6.16. The van der Waals surface area contributed by atoms with Gasteiger partial charge in [-0.25, -0.2) is 0 Å². The highest BCUT2D eigenvalue weighted by molar-refractivity contribution is 6.31. The van der Waals surface area contributed by atoms with Gasteiger partial charge in [0, 0.05) is 6.04 Å². The zero-order valence-electron chi connectivity index (χ0n) is 11.3. The largest absolute Gasteiger partial charge is 0.387 e. The predicted molar refractivity (Wildman–Crippen MR) is 73.8 cm³/mol. The van der Waals surface area contributed by atoms with Gasteiger partial charge in [0.2, 0.25) is 0 Å². The van der Waals surface area contributed by atoms with Gasteiger partial charge in [-0.1, -0.05) is 43.7 Å². The monoisotopic (exact) mass is 270 g/mol. The maximum Gasteiger partial charge on any atom is 0.0974 e. The molecule has 3 nitrogen and oxygen atoms in total. The number of rotatable bonds is 4. The summed E-state index contributed by atoms with van der Waals surface area (Å²) in [4.78, 5) is 0. The molecule has 1 heterocycles. The molecule has 0 amide bonds. The van der Waals surface area contributed by atoms with Crippen molar-refractivity contribution in [3.63, 3.8) is 0 Å². The molecule has 1 aromatic rings. The first-order valence-corrected chi connectivity index (χ1v) is 7.38. The van der Waals surface area contributed by atoms with Gasteiger partial charge < -0.3 is 5.11 Å². The highest BCUT2D eigenvalue weighted by atomic mass is 35.5. The molecule has 1 atom stereocenters. The van der Waals surface area contributed by atoms with E-state index < -0.39 is 6.10 Å². The van der Waals surface area contributed by atoms with Crippen molar-refractivity contribution in [2.45, 2.75) is 64.5 Å². The Morgan fingerprint density at radius 3 is 2.67 bits per heavy atom.